The SMILES string of the molecule is CC(CN(C)C(=O)NC1CCN(c2cccc(Cl)c2)C1=O)C(=O)O. The van der Waals surface area contributed by atoms with Gasteiger partial charge in [-0.1, -0.05) is 24.6 Å². The van der Waals surface area contributed by atoms with Crippen molar-refractivity contribution in [2.45, 2.75) is 19.4 Å². The van der Waals surface area contributed by atoms with Crippen molar-refractivity contribution in [3.63, 3.8) is 0 Å². The van der Waals surface area contributed by atoms with Crippen molar-refractivity contribution in [1.82, 2.24) is 10.2 Å². The van der Waals surface area contributed by atoms with E-state index in [2.05, 4.69) is 5.32 Å². The summed E-state index contributed by atoms with van der Waals surface area (Å²) < 4.78 is 0. The molecule has 3 amide bonds. The van der Waals surface area contributed by atoms with Crippen LogP contribution in [0.1, 0.15) is 13.3 Å². The highest BCUT2D eigenvalue weighted by molar-refractivity contribution is 6.31. The quantitative estimate of drug-likeness (QED) is 0.844. The zero-order valence-electron chi connectivity index (χ0n) is 13.5. The summed E-state index contributed by atoms with van der Waals surface area (Å²) in [5.41, 5.74) is 0.692. The maximum atomic E-state index is 12.5. The number of aliphatic carboxylic acids is 1. The maximum absolute atomic E-state index is 12.5. The Morgan fingerprint density at radius 2 is 2.21 bits per heavy atom. The van der Waals surface area contributed by atoms with Crippen molar-refractivity contribution in [1.29, 1.82) is 0 Å². The van der Waals surface area contributed by atoms with Crippen molar-refractivity contribution in [3.8, 4) is 0 Å². The van der Waals surface area contributed by atoms with Gasteiger partial charge in [0.15, 0.2) is 0 Å². The van der Waals surface area contributed by atoms with E-state index in [9.17, 15) is 14.4 Å². The van der Waals surface area contributed by atoms with E-state index in [1.807, 2.05) is 0 Å². The number of rotatable bonds is 5. The molecule has 0 saturated carbocycles. The minimum absolute atomic E-state index is 0.0695. The molecule has 2 N–H and O–H groups in total. The van der Waals surface area contributed by atoms with E-state index in [0.29, 0.717) is 23.7 Å². The van der Waals surface area contributed by atoms with E-state index in [1.165, 1.54) is 18.9 Å². The van der Waals surface area contributed by atoms with Crippen LogP contribution in [0.4, 0.5) is 10.5 Å². The molecule has 1 aromatic carbocycles. The van der Waals surface area contributed by atoms with Crippen LogP contribution in [0.3, 0.4) is 0 Å². The Morgan fingerprint density at radius 3 is 2.83 bits per heavy atom. The summed E-state index contributed by atoms with van der Waals surface area (Å²) in [5, 5.41) is 12.1. The standard InChI is InChI=1S/C16H20ClN3O4/c1-10(15(22)23)9-19(2)16(24)18-13-6-7-20(14(13)21)12-5-3-4-11(17)8-12/h3-5,8,10,13H,6-7,9H2,1-2H3,(H,18,24)(H,22,23). The molecule has 1 saturated heterocycles. The second-order valence-corrected chi connectivity index (χ2v) is 6.32. The van der Waals surface area contributed by atoms with E-state index in [1.54, 1.807) is 29.2 Å². The molecule has 24 heavy (non-hydrogen) atoms. The number of nitrogens with one attached hydrogen (secondary N) is 1. The number of hydrogen-bond acceptors (Lipinski definition) is 3. The molecule has 2 rings (SSSR count). The highest BCUT2D eigenvalue weighted by Gasteiger charge is 2.34. The third-order valence-corrected chi connectivity index (χ3v) is 4.17. The number of benzene rings is 1. The predicted molar refractivity (Wildman–Crippen MR) is 90.2 cm³/mol. The summed E-state index contributed by atoms with van der Waals surface area (Å²) in [6.45, 7) is 2.08. The van der Waals surface area contributed by atoms with Gasteiger partial charge in [0.1, 0.15) is 6.04 Å². The lowest BCUT2D eigenvalue weighted by Crippen LogP contribution is -2.48. The monoisotopic (exact) mass is 353 g/mol. The van der Waals surface area contributed by atoms with Crippen molar-refractivity contribution in [2.24, 2.45) is 5.92 Å². The number of carboxylic acids is 1. The molecule has 1 fully saturated rings. The fraction of sp³-hybridized carbons (Fsp3) is 0.438. The Balaban J connectivity index is 1.95. The lowest BCUT2D eigenvalue weighted by atomic mass is 10.2. The minimum atomic E-state index is -0.973. The van der Waals surface area contributed by atoms with Gasteiger partial charge in [-0.2, -0.15) is 0 Å². The van der Waals surface area contributed by atoms with E-state index < -0.39 is 24.0 Å². The average Bonchev–Trinajstić information content (AvgIpc) is 2.88. The number of carbonyl (C=O) groups excluding carboxylic acids is 2. The number of halogens is 1. The molecule has 1 aliphatic rings. The zero-order valence-corrected chi connectivity index (χ0v) is 14.3. The number of carboxylic acid groups (broad SMARTS) is 1. The van der Waals surface area contributed by atoms with E-state index in [0.717, 1.165) is 0 Å². The largest absolute Gasteiger partial charge is 0.481 e. The first-order valence-corrected chi connectivity index (χ1v) is 7.98. The lowest BCUT2D eigenvalue weighted by Gasteiger charge is -2.22. The maximum Gasteiger partial charge on any atom is 0.317 e. The first-order chi connectivity index (χ1) is 11.3. The van der Waals surface area contributed by atoms with Crippen molar-refractivity contribution < 1.29 is 19.5 Å². The lowest BCUT2D eigenvalue weighted by molar-refractivity contribution is -0.141. The zero-order chi connectivity index (χ0) is 17.9. The smallest absolute Gasteiger partial charge is 0.317 e. The minimum Gasteiger partial charge on any atom is -0.481 e. The fourth-order valence-electron chi connectivity index (χ4n) is 2.55. The van der Waals surface area contributed by atoms with E-state index in [-0.39, 0.29) is 12.5 Å². The molecule has 2 atom stereocenters. The van der Waals surface area contributed by atoms with Gasteiger partial charge in [-0.05, 0) is 24.6 Å². The number of carbonyl (C=O) groups is 3. The van der Waals surface area contributed by atoms with Crippen LogP contribution in [0, 0.1) is 5.92 Å². The van der Waals surface area contributed by atoms with Crippen molar-refractivity contribution in [3.05, 3.63) is 29.3 Å². The molecule has 0 radical (unpaired) electrons. The van der Waals surface area contributed by atoms with Gasteiger partial charge in [-0.15, -0.1) is 0 Å². The molecule has 130 valence electrons. The van der Waals surface area contributed by atoms with Gasteiger partial charge in [0.25, 0.3) is 0 Å². The number of urea groups is 1. The molecule has 8 heteroatoms. The van der Waals surface area contributed by atoms with E-state index in [4.69, 9.17) is 16.7 Å². The summed E-state index contributed by atoms with van der Waals surface area (Å²) in [6.07, 6.45) is 0.486. The summed E-state index contributed by atoms with van der Waals surface area (Å²) in [4.78, 5) is 38.3. The van der Waals surface area contributed by atoms with Gasteiger partial charge in [0, 0.05) is 30.8 Å². The number of amides is 3. The van der Waals surface area contributed by atoms with Crippen LogP contribution in [-0.2, 0) is 9.59 Å². The van der Waals surface area contributed by atoms with Crippen LogP contribution in [0.5, 0.6) is 0 Å². The molecule has 0 aromatic heterocycles. The van der Waals surface area contributed by atoms with Crippen LogP contribution in [0.15, 0.2) is 24.3 Å². The molecule has 1 heterocycles. The molecule has 2 unspecified atom stereocenters. The third-order valence-electron chi connectivity index (χ3n) is 3.94. The summed E-state index contributed by atoms with van der Waals surface area (Å²) in [7, 11) is 1.50. The summed E-state index contributed by atoms with van der Waals surface area (Å²) in [6, 6.07) is 5.88. The number of nitrogens with zero attached hydrogens (tertiary/aromatic N) is 2. The van der Waals surface area contributed by atoms with Gasteiger partial charge >= 0.3 is 12.0 Å². The highest BCUT2D eigenvalue weighted by Crippen LogP contribution is 2.24. The van der Waals surface area contributed by atoms with Gasteiger partial charge < -0.3 is 20.2 Å². The molecular weight excluding hydrogens is 334 g/mol. The van der Waals surface area contributed by atoms with Gasteiger partial charge in [0.05, 0.1) is 5.92 Å². The average molecular weight is 354 g/mol. The van der Waals surface area contributed by atoms with E-state index >= 15 is 0 Å². The third kappa shape index (κ3) is 4.17. The second kappa shape index (κ2) is 7.53. The Kier molecular flexibility index (Phi) is 5.66. The summed E-state index contributed by atoms with van der Waals surface area (Å²) in [5.74, 6) is -1.85. The second-order valence-electron chi connectivity index (χ2n) is 5.88. The molecule has 0 aliphatic carbocycles. The van der Waals surface area contributed by atoms with Crippen LogP contribution in [-0.4, -0.2) is 54.1 Å². The Bertz CT molecular complexity index is 652. The Morgan fingerprint density at radius 1 is 1.50 bits per heavy atom. The molecular formula is C16H20ClN3O4. The van der Waals surface area contributed by atoms with Crippen LogP contribution in [0.2, 0.25) is 5.02 Å². The molecule has 1 aromatic rings. The number of anilines is 1. The molecule has 7 nitrogen and oxygen atoms in total. The van der Waals surface area contributed by atoms with Crippen LogP contribution in [0.25, 0.3) is 0 Å². The molecule has 1 aliphatic heterocycles. The van der Waals surface area contributed by atoms with Crippen LogP contribution >= 0.6 is 11.6 Å². The fourth-order valence-corrected chi connectivity index (χ4v) is 2.73. The van der Waals surface area contributed by atoms with Gasteiger partial charge in [0.2, 0.25) is 5.91 Å². The molecule has 0 spiro atoms. The van der Waals surface area contributed by atoms with Gasteiger partial charge in [-0.3, -0.25) is 9.59 Å². The van der Waals surface area contributed by atoms with Crippen LogP contribution < -0.4 is 10.2 Å². The number of hydrogen-bond donors (Lipinski definition) is 2. The van der Waals surface area contributed by atoms with Crippen molar-refractivity contribution in [2.75, 3.05) is 25.0 Å². The normalized spacial score (nSPS) is 18.4. The highest BCUT2D eigenvalue weighted by atomic mass is 35.5. The molecule has 0 bridgehead atoms. The summed E-state index contributed by atoms with van der Waals surface area (Å²) >= 11 is 5.94. The predicted octanol–water partition coefficient (Wildman–Crippen LogP) is 1.81. The Hall–Kier alpha value is -2.28. The topological polar surface area (TPSA) is 90.0 Å². The van der Waals surface area contributed by atoms with Gasteiger partial charge in [-0.25, -0.2) is 4.79 Å². The first kappa shape index (κ1) is 18.1. The first-order valence-electron chi connectivity index (χ1n) is 7.61. The van der Waals surface area contributed by atoms with Crippen molar-refractivity contribution >= 4 is 35.2 Å². The Labute approximate surface area is 145 Å².